The van der Waals surface area contributed by atoms with Crippen LogP contribution in [0.15, 0.2) is 11.4 Å². The van der Waals surface area contributed by atoms with Gasteiger partial charge >= 0.3 is 0 Å². The van der Waals surface area contributed by atoms with Gasteiger partial charge in [0.15, 0.2) is 0 Å². The lowest BCUT2D eigenvalue weighted by Crippen LogP contribution is -2.43. The van der Waals surface area contributed by atoms with Gasteiger partial charge in [-0.1, -0.05) is 0 Å². The molecule has 3 nitrogen and oxygen atoms in total. The van der Waals surface area contributed by atoms with Crippen LogP contribution in [0.4, 0.5) is 0 Å². The summed E-state index contributed by atoms with van der Waals surface area (Å²) in [6.07, 6.45) is 3.82. The molecule has 0 aromatic carbocycles. The second kappa shape index (κ2) is 7.16. The first-order valence-corrected chi connectivity index (χ1v) is 9.91. The first-order chi connectivity index (χ1) is 10.2. The van der Waals surface area contributed by atoms with E-state index in [2.05, 4.69) is 22.0 Å². The average Bonchev–Trinajstić information content (AvgIpc) is 3.16. The fourth-order valence-electron chi connectivity index (χ4n) is 3.21. The Hall–Kier alpha value is -0.520. The van der Waals surface area contributed by atoms with Gasteiger partial charge in [0, 0.05) is 18.3 Å². The minimum atomic E-state index is 0.0997. The molecular formula is C16H24N2OS2. The molecule has 0 radical (unpaired) electrons. The molecule has 5 heteroatoms. The largest absolute Gasteiger partial charge is 0.351 e. The second-order valence-corrected chi connectivity index (χ2v) is 8.26. The molecule has 0 saturated carbocycles. The molecular weight excluding hydrogens is 300 g/mol. The van der Waals surface area contributed by atoms with E-state index in [1.807, 2.05) is 18.4 Å². The Kier molecular flexibility index (Phi) is 5.24. The molecule has 1 aromatic heterocycles. The van der Waals surface area contributed by atoms with Crippen LogP contribution < -0.4 is 5.32 Å². The summed E-state index contributed by atoms with van der Waals surface area (Å²) in [5.74, 6) is 3.41. The third-order valence-corrected chi connectivity index (χ3v) is 6.77. The summed E-state index contributed by atoms with van der Waals surface area (Å²) >= 11 is 3.63. The number of hydrogen-bond acceptors (Lipinski definition) is 4. The standard InChI is InChI=1S/C16H24N2OS2/c1-12-8-15(21-10-12)16(19)17-9-13-2-5-18(6-3-13)14-4-7-20-11-14/h8,10,13-14H,2-7,9,11H2,1H3,(H,17,19)/t14-/m0/s1. The van der Waals surface area contributed by atoms with E-state index in [-0.39, 0.29) is 5.91 Å². The molecule has 116 valence electrons. The van der Waals surface area contributed by atoms with E-state index in [1.54, 1.807) is 0 Å². The van der Waals surface area contributed by atoms with Crippen LogP contribution in [0.5, 0.6) is 0 Å². The predicted molar refractivity (Wildman–Crippen MR) is 91.4 cm³/mol. The van der Waals surface area contributed by atoms with Gasteiger partial charge in [0.05, 0.1) is 4.88 Å². The summed E-state index contributed by atoms with van der Waals surface area (Å²) < 4.78 is 0. The number of piperidine rings is 1. The van der Waals surface area contributed by atoms with Crippen LogP contribution in [0.25, 0.3) is 0 Å². The van der Waals surface area contributed by atoms with Crippen molar-refractivity contribution in [2.75, 3.05) is 31.1 Å². The zero-order chi connectivity index (χ0) is 14.7. The number of rotatable bonds is 4. The normalized spacial score (nSPS) is 24.3. The highest BCUT2D eigenvalue weighted by Crippen LogP contribution is 2.26. The molecule has 0 spiro atoms. The summed E-state index contributed by atoms with van der Waals surface area (Å²) in [6, 6.07) is 2.79. The highest BCUT2D eigenvalue weighted by molar-refractivity contribution is 7.99. The summed E-state index contributed by atoms with van der Waals surface area (Å²) in [7, 11) is 0. The monoisotopic (exact) mass is 324 g/mol. The zero-order valence-electron chi connectivity index (χ0n) is 12.6. The second-order valence-electron chi connectivity index (χ2n) is 6.20. The number of thiophene rings is 1. The van der Waals surface area contributed by atoms with E-state index < -0.39 is 0 Å². The molecule has 0 bridgehead atoms. The maximum absolute atomic E-state index is 12.1. The van der Waals surface area contributed by atoms with Gasteiger partial charge in [-0.05, 0) is 68.0 Å². The molecule has 2 fully saturated rings. The summed E-state index contributed by atoms with van der Waals surface area (Å²) in [5.41, 5.74) is 1.17. The van der Waals surface area contributed by atoms with Crippen molar-refractivity contribution in [3.05, 3.63) is 21.9 Å². The number of aryl methyl sites for hydroxylation is 1. The summed E-state index contributed by atoms with van der Waals surface area (Å²) in [5, 5.41) is 5.15. The van der Waals surface area contributed by atoms with Crippen LogP contribution in [0.1, 0.15) is 34.5 Å². The van der Waals surface area contributed by atoms with E-state index in [1.165, 1.54) is 60.8 Å². The van der Waals surface area contributed by atoms with Crippen LogP contribution in [0.3, 0.4) is 0 Å². The van der Waals surface area contributed by atoms with Gasteiger partial charge in [0.25, 0.3) is 5.91 Å². The molecule has 2 saturated heterocycles. The van der Waals surface area contributed by atoms with Crippen molar-refractivity contribution in [3.63, 3.8) is 0 Å². The van der Waals surface area contributed by atoms with E-state index in [0.29, 0.717) is 5.92 Å². The molecule has 3 rings (SSSR count). The third-order valence-electron chi connectivity index (χ3n) is 4.58. The predicted octanol–water partition coefficient (Wildman–Crippen LogP) is 3.00. The third kappa shape index (κ3) is 4.02. The molecule has 3 heterocycles. The Bertz CT molecular complexity index is 474. The zero-order valence-corrected chi connectivity index (χ0v) is 14.3. The van der Waals surface area contributed by atoms with E-state index in [4.69, 9.17) is 0 Å². The average molecular weight is 325 g/mol. The van der Waals surface area contributed by atoms with Crippen molar-refractivity contribution in [1.29, 1.82) is 0 Å². The first-order valence-electron chi connectivity index (χ1n) is 7.87. The number of thioether (sulfide) groups is 1. The molecule has 2 aliphatic rings. The Morgan fingerprint density at radius 3 is 2.81 bits per heavy atom. The topological polar surface area (TPSA) is 32.3 Å². The quantitative estimate of drug-likeness (QED) is 0.924. The summed E-state index contributed by atoms with van der Waals surface area (Å²) in [4.78, 5) is 15.6. The Balaban J connectivity index is 1.40. The van der Waals surface area contributed by atoms with E-state index in [0.717, 1.165) is 17.5 Å². The van der Waals surface area contributed by atoms with Crippen molar-refractivity contribution in [1.82, 2.24) is 10.2 Å². The number of carbonyl (C=O) groups excluding carboxylic acids is 1. The fraction of sp³-hybridized carbons (Fsp3) is 0.688. The van der Waals surface area contributed by atoms with Gasteiger partial charge in [0.2, 0.25) is 0 Å². The Morgan fingerprint density at radius 2 is 2.19 bits per heavy atom. The first kappa shape index (κ1) is 15.4. The van der Waals surface area contributed by atoms with Crippen LogP contribution in [-0.4, -0.2) is 48.0 Å². The Labute approximate surface area is 135 Å². The SMILES string of the molecule is Cc1csc(C(=O)NCC2CCN([C@H]3CCSC3)CC2)c1. The van der Waals surface area contributed by atoms with Crippen molar-refractivity contribution < 1.29 is 4.79 Å². The molecule has 1 amide bonds. The minimum absolute atomic E-state index is 0.0997. The number of nitrogens with one attached hydrogen (secondary N) is 1. The Morgan fingerprint density at radius 1 is 1.38 bits per heavy atom. The molecule has 2 aliphatic heterocycles. The molecule has 1 aromatic rings. The van der Waals surface area contributed by atoms with Gasteiger partial charge < -0.3 is 5.32 Å². The highest BCUT2D eigenvalue weighted by atomic mass is 32.2. The lowest BCUT2D eigenvalue weighted by atomic mass is 9.95. The fourth-order valence-corrected chi connectivity index (χ4v) is 5.28. The number of carbonyl (C=O) groups is 1. The van der Waals surface area contributed by atoms with Crippen molar-refractivity contribution in [3.8, 4) is 0 Å². The molecule has 21 heavy (non-hydrogen) atoms. The maximum atomic E-state index is 12.1. The number of hydrogen-bond donors (Lipinski definition) is 1. The van der Waals surface area contributed by atoms with Gasteiger partial charge in [0.1, 0.15) is 0 Å². The van der Waals surface area contributed by atoms with Crippen molar-refractivity contribution >= 4 is 29.0 Å². The number of nitrogens with zero attached hydrogens (tertiary/aromatic N) is 1. The highest BCUT2D eigenvalue weighted by Gasteiger charge is 2.27. The number of likely N-dealkylation sites (tertiary alicyclic amines) is 1. The van der Waals surface area contributed by atoms with Gasteiger partial charge in [-0.15, -0.1) is 11.3 Å². The number of amides is 1. The van der Waals surface area contributed by atoms with Gasteiger partial charge in [-0.25, -0.2) is 0 Å². The van der Waals surface area contributed by atoms with Crippen molar-refractivity contribution in [2.45, 2.75) is 32.2 Å². The van der Waals surface area contributed by atoms with Crippen LogP contribution in [0, 0.1) is 12.8 Å². The molecule has 0 unspecified atom stereocenters. The summed E-state index contributed by atoms with van der Waals surface area (Å²) in [6.45, 7) is 5.29. The maximum Gasteiger partial charge on any atom is 0.261 e. The molecule has 0 aliphatic carbocycles. The van der Waals surface area contributed by atoms with E-state index in [9.17, 15) is 4.79 Å². The lowest BCUT2D eigenvalue weighted by molar-refractivity contribution is 0.0932. The van der Waals surface area contributed by atoms with Crippen molar-refractivity contribution in [2.24, 2.45) is 5.92 Å². The smallest absolute Gasteiger partial charge is 0.261 e. The lowest BCUT2D eigenvalue weighted by Gasteiger charge is -2.35. The van der Waals surface area contributed by atoms with Gasteiger partial charge in [-0.2, -0.15) is 11.8 Å². The molecule has 1 N–H and O–H groups in total. The van der Waals surface area contributed by atoms with Crippen LogP contribution in [-0.2, 0) is 0 Å². The van der Waals surface area contributed by atoms with Crippen LogP contribution in [0.2, 0.25) is 0 Å². The van der Waals surface area contributed by atoms with Crippen LogP contribution >= 0.6 is 23.1 Å². The minimum Gasteiger partial charge on any atom is -0.351 e. The van der Waals surface area contributed by atoms with E-state index >= 15 is 0 Å². The molecule has 1 atom stereocenters. The van der Waals surface area contributed by atoms with Gasteiger partial charge in [-0.3, -0.25) is 9.69 Å².